The van der Waals surface area contributed by atoms with Crippen LogP contribution in [0.2, 0.25) is 0 Å². The summed E-state index contributed by atoms with van der Waals surface area (Å²) in [4.78, 5) is 3.98. The van der Waals surface area contributed by atoms with Gasteiger partial charge in [0.25, 0.3) is 16.1 Å². The van der Waals surface area contributed by atoms with Crippen LogP contribution in [0, 0.1) is 23.1 Å². The molecule has 0 amide bonds. The zero-order valence-corrected chi connectivity index (χ0v) is 22.2. The SMILES string of the molecule is C[C@H](NS(=O)(=O)Nc1ccc(-c2c(C#N)c3ccc(Oc4ncccc4F)cc3n2C2CCC2)cc1)C1CC1. The lowest BCUT2D eigenvalue weighted by molar-refractivity contribution is 0.324. The average molecular weight is 546 g/mol. The number of halogens is 1. The molecule has 8 nitrogen and oxygen atoms in total. The predicted molar refractivity (Wildman–Crippen MR) is 147 cm³/mol. The fraction of sp³-hybridized carbons (Fsp3) is 0.310. The average Bonchev–Trinajstić information content (AvgIpc) is 3.68. The van der Waals surface area contributed by atoms with Gasteiger partial charge < -0.3 is 9.30 Å². The third kappa shape index (κ3) is 5.07. The molecule has 2 aromatic carbocycles. The lowest BCUT2D eigenvalue weighted by Gasteiger charge is -2.30. The second-order valence-corrected chi connectivity index (χ2v) is 11.7. The van der Waals surface area contributed by atoms with Gasteiger partial charge in [-0.15, -0.1) is 0 Å². The Kier molecular flexibility index (Phi) is 6.49. The maximum atomic E-state index is 14.2. The molecule has 0 unspecified atom stereocenters. The number of fused-ring (bicyclic) bond motifs is 1. The summed E-state index contributed by atoms with van der Waals surface area (Å²) in [5, 5.41) is 11.0. The number of benzene rings is 2. The van der Waals surface area contributed by atoms with Crippen LogP contribution in [0.5, 0.6) is 11.6 Å². The van der Waals surface area contributed by atoms with Gasteiger partial charge in [-0.2, -0.15) is 18.4 Å². The zero-order valence-electron chi connectivity index (χ0n) is 21.4. The van der Waals surface area contributed by atoms with Crippen molar-refractivity contribution in [2.45, 2.75) is 51.1 Å². The Morgan fingerprint density at radius 1 is 1.13 bits per heavy atom. The molecule has 4 aromatic rings. The molecule has 2 aliphatic rings. The summed E-state index contributed by atoms with van der Waals surface area (Å²) in [6.45, 7) is 1.88. The number of anilines is 1. The van der Waals surface area contributed by atoms with Gasteiger partial charge in [0.05, 0.1) is 16.8 Å². The molecule has 6 rings (SSSR count). The maximum Gasteiger partial charge on any atom is 0.299 e. The molecule has 2 fully saturated rings. The van der Waals surface area contributed by atoms with Gasteiger partial charge in [0.1, 0.15) is 11.8 Å². The van der Waals surface area contributed by atoms with E-state index in [9.17, 15) is 18.1 Å². The minimum atomic E-state index is -3.70. The molecule has 0 radical (unpaired) electrons. The number of nitrogens with zero attached hydrogens (tertiary/aromatic N) is 3. The first-order chi connectivity index (χ1) is 18.8. The Balaban J connectivity index is 1.36. The van der Waals surface area contributed by atoms with E-state index in [0.717, 1.165) is 54.3 Å². The molecule has 2 aromatic heterocycles. The van der Waals surface area contributed by atoms with Crippen LogP contribution in [0.4, 0.5) is 10.1 Å². The molecular formula is C29H28FN5O3S. The van der Waals surface area contributed by atoms with Gasteiger partial charge in [-0.3, -0.25) is 4.72 Å². The lowest BCUT2D eigenvalue weighted by Crippen LogP contribution is -2.38. The highest BCUT2D eigenvalue weighted by molar-refractivity contribution is 7.90. The molecule has 2 N–H and O–H groups in total. The van der Waals surface area contributed by atoms with E-state index in [1.165, 1.54) is 18.3 Å². The Bertz CT molecular complexity index is 1690. The van der Waals surface area contributed by atoms with Crippen molar-refractivity contribution in [1.29, 1.82) is 5.26 Å². The quantitative estimate of drug-likeness (QED) is 0.257. The number of pyridine rings is 1. The number of rotatable bonds is 9. The van der Waals surface area contributed by atoms with Crippen LogP contribution in [-0.2, 0) is 10.2 Å². The first kappa shape index (κ1) is 25.3. The van der Waals surface area contributed by atoms with Crippen molar-refractivity contribution >= 4 is 26.8 Å². The van der Waals surface area contributed by atoms with Crippen LogP contribution in [0.25, 0.3) is 22.2 Å². The van der Waals surface area contributed by atoms with Gasteiger partial charge in [0.15, 0.2) is 5.82 Å². The highest BCUT2D eigenvalue weighted by Gasteiger charge is 2.31. The second kappa shape index (κ2) is 9.98. The van der Waals surface area contributed by atoms with Crippen LogP contribution in [0.1, 0.15) is 50.6 Å². The standard InChI is InChI=1S/C29H28FN5O3S/c1-18(19-7-8-19)33-39(36,37)34-21-11-9-20(10-12-21)28-25(17-31)24-14-13-23(38-29-26(30)6-3-15-32-29)16-27(24)35(28)22-4-2-5-22/h3,6,9-16,18-19,22,33-34H,2,4-5,7-8H2,1H3/t18-/m0/s1. The molecule has 0 aliphatic heterocycles. The van der Waals surface area contributed by atoms with E-state index in [4.69, 9.17) is 4.74 Å². The first-order valence-electron chi connectivity index (χ1n) is 13.1. The molecule has 2 saturated carbocycles. The van der Waals surface area contributed by atoms with Gasteiger partial charge in [-0.25, -0.2) is 9.37 Å². The Morgan fingerprint density at radius 3 is 2.54 bits per heavy atom. The zero-order chi connectivity index (χ0) is 27.1. The van der Waals surface area contributed by atoms with Crippen LogP contribution in [0.15, 0.2) is 60.8 Å². The van der Waals surface area contributed by atoms with Gasteiger partial charge in [0.2, 0.25) is 0 Å². The van der Waals surface area contributed by atoms with E-state index in [0.29, 0.717) is 22.9 Å². The summed E-state index contributed by atoms with van der Waals surface area (Å²) in [6.07, 6.45) is 6.60. The molecule has 0 bridgehead atoms. The number of nitrogens with one attached hydrogen (secondary N) is 2. The molecule has 10 heteroatoms. The highest BCUT2D eigenvalue weighted by Crippen LogP contribution is 2.44. The minimum Gasteiger partial charge on any atom is -0.436 e. The maximum absolute atomic E-state index is 14.2. The van der Waals surface area contributed by atoms with E-state index in [2.05, 4.69) is 25.1 Å². The van der Waals surface area contributed by atoms with Crippen molar-refractivity contribution in [3.63, 3.8) is 0 Å². The van der Waals surface area contributed by atoms with Crippen molar-refractivity contribution in [3.8, 4) is 29.0 Å². The molecule has 0 saturated heterocycles. The second-order valence-electron chi connectivity index (χ2n) is 10.3. The van der Waals surface area contributed by atoms with Crippen molar-refractivity contribution in [1.82, 2.24) is 14.3 Å². The Hall–Kier alpha value is -3.94. The summed E-state index contributed by atoms with van der Waals surface area (Å²) in [6, 6.07) is 17.7. The Morgan fingerprint density at radius 2 is 1.90 bits per heavy atom. The molecule has 200 valence electrons. The van der Waals surface area contributed by atoms with Crippen molar-refractivity contribution in [3.05, 3.63) is 72.2 Å². The van der Waals surface area contributed by atoms with E-state index in [1.807, 2.05) is 31.2 Å². The predicted octanol–water partition coefficient (Wildman–Crippen LogP) is 6.28. The van der Waals surface area contributed by atoms with Crippen LogP contribution in [-0.4, -0.2) is 24.0 Å². The third-order valence-corrected chi connectivity index (χ3v) is 8.73. The molecule has 1 atom stereocenters. The monoisotopic (exact) mass is 545 g/mol. The smallest absolute Gasteiger partial charge is 0.299 e. The van der Waals surface area contributed by atoms with E-state index in [-0.39, 0.29) is 18.0 Å². The normalized spacial score (nSPS) is 16.4. The van der Waals surface area contributed by atoms with Gasteiger partial charge in [-0.1, -0.05) is 12.1 Å². The number of nitriles is 1. The number of hydrogen-bond donors (Lipinski definition) is 2. The number of ether oxygens (including phenoxy) is 1. The van der Waals surface area contributed by atoms with Gasteiger partial charge in [-0.05, 0) is 86.9 Å². The van der Waals surface area contributed by atoms with Crippen molar-refractivity contribution in [2.75, 3.05) is 4.72 Å². The summed E-state index contributed by atoms with van der Waals surface area (Å²) in [5.41, 5.74) is 3.36. The topological polar surface area (TPSA) is 109 Å². The summed E-state index contributed by atoms with van der Waals surface area (Å²) >= 11 is 0. The molecule has 2 aliphatic carbocycles. The lowest BCUT2D eigenvalue weighted by atomic mass is 9.92. The highest BCUT2D eigenvalue weighted by atomic mass is 32.2. The van der Waals surface area contributed by atoms with Crippen LogP contribution < -0.4 is 14.2 Å². The first-order valence-corrected chi connectivity index (χ1v) is 14.6. The largest absolute Gasteiger partial charge is 0.436 e. The fourth-order valence-electron chi connectivity index (χ4n) is 5.15. The summed E-state index contributed by atoms with van der Waals surface area (Å²) < 4.78 is 52.5. The molecular weight excluding hydrogens is 517 g/mol. The van der Waals surface area contributed by atoms with Crippen LogP contribution in [0.3, 0.4) is 0 Å². The van der Waals surface area contributed by atoms with E-state index >= 15 is 0 Å². The number of hydrogen-bond acceptors (Lipinski definition) is 5. The minimum absolute atomic E-state index is 0.110. The molecule has 0 spiro atoms. The molecule has 39 heavy (non-hydrogen) atoms. The van der Waals surface area contributed by atoms with E-state index < -0.39 is 16.0 Å². The van der Waals surface area contributed by atoms with Crippen molar-refractivity contribution < 1.29 is 17.5 Å². The summed E-state index contributed by atoms with van der Waals surface area (Å²) in [7, 11) is -3.70. The molecule has 2 heterocycles. The Labute approximate surface area is 226 Å². The van der Waals surface area contributed by atoms with Gasteiger partial charge >= 0.3 is 0 Å². The third-order valence-electron chi connectivity index (χ3n) is 7.55. The van der Waals surface area contributed by atoms with E-state index in [1.54, 1.807) is 18.2 Å². The van der Waals surface area contributed by atoms with Crippen LogP contribution >= 0.6 is 0 Å². The summed E-state index contributed by atoms with van der Waals surface area (Å²) in [5.74, 6) is 0.152. The van der Waals surface area contributed by atoms with Crippen molar-refractivity contribution in [2.24, 2.45) is 5.92 Å². The fourth-order valence-corrected chi connectivity index (χ4v) is 6.34. The van der Waals surface area contributed by atoms with Gasteiger partial charge in [0, 0.05) is 35.4 Å². The number of aromatic nitrogens is 2.